The first-order valence-corrected chi connectivity index (χ1v) is 9.27. The number of nitrogens with zero attached hydrogens (tertiary/aromatic N) is 2. The third kappa shape index (κ3) is 4.91. The van der Waals surface area contributed by atoms with Crippen LogP contribution in [0.25, 0.3) is 10.9 Å². The maximum absolute atomic E-state index is 13.0. The van der Waals surface area contributed by atoms with E-state index in [1.807, 2.05) is 18.2 Å². The fourth-order valence-corrected chi connectivity index (χ4v) is 2.95. The number of methoxy groups -OCH3 is 1. The van der Waals surface area contributed by atoms with Crippen LogP contribution in [0.1, 0.15) is 51.9 Å². The van der Waals surface area contributed by atoms with Gasteiger partial charge < -0.3 is 10.1 Å². The number of para-hydroxylation sites is 1. The molecule has 1 N–H and O–H groups in total. The Morgan fingerprint density at radius 2 is 2.04 bits per heavy atom. The maximum atomic E-state index is 13.0. The number of rotatable bonds is 9. The molecule has 1 atom stereocenters. The van der Waals surface area contributed by atoms with Crippen LogP contribution in [0, 0.1) is 5.92 Å². The molecule has 1 aromatic heterocycles. The lowest BCUT2D eigenvalue weighted by Gasteiger charge is -2.22. The number of nitrogens with one attached hydrogen (secondary N) is 1. The molecule has 0 saturated heterocycles. The number of carbonyl (C=O) groups excluding carboxylic acids is 1. The van der Waals surface area contributed by atoms with Crippen molar-refractivity contribution in [1.82, 2.24) is 14.9 Å². The minimum absolute atomic E-state index is 0.00664. The molecule has 1 heterocycles. The van der Waals surface area contributed by atoms with Gasteiger partial charge in [0.25, 0.3) is 5.56 Å². The Hall–Kier alpha value is -2.21. The molecule has 0 aliphatic heterocycles. The van der Waals surface area contributed by atoms with E-state index in [1.165, 1.54) is 7.11 Å². The van der Waals surface area contributed by atoms with E-state index in [1.54, 1.807) is 10.6 Å². The van der Waals surface area contributed by atoms with Gasteiger partial charge in [0, 0.05) is 13.0 Å². The Bertz CT molecular complexity index is 798. The molecule has 0 radical (unpaired) electrons. The van der Waals surface area contributed by atoms with Crippen LogP contribution in [0.2, 0.25) is 0 Å². The fraction of sp³-hybridized carbons (Fsp3) is 0.550. The second-order valence-corrected chi connectivity index (χ2v) is 6.89. The fourth-order valence-electron chi connectivity index (χ4n) is 2.95. The van der Waals surface area contributed by atoms with E-state index in [0.717, 1.165) is 18.8 Å². The SMILES string of the molecule is CC[C@@H](NCC(C)C)c1nc2ccccc2c(=O)n1CCCC(=O)OC. The van der Waals surface area contributed by atoms with E-state index in [9.17, 15) is 9.59 Å². The summed E-state index contributed by atoms with van der Waals surface area (Å²) in [6, 6.07) is 7.40. The Morgan fingerprint density at radius 1 is 1.31 bits per heavy atom. The quantitative estimate of drug-likeness (QED) is 0.697. The van der Waals surface area contributed by atoms with Crippen LogP contribution in [0.15, 0.2) is 29.1 Å². The van der Waals surface area contributed by atoms with Gasteiger partial charge in [0.2, 0.25) is 0 Å². The molecule has 0 amide bonds. The van der Waals surface area contributed by atoms with Gasteiger partial charge in [0.15, 0.2) is 0 Å². The summed E-state index contributed by atoms with van der Waals surface area (Å²) in [5.74, 6) is 0.976. The highest BCUT2D eigenvalue weighted by molar-refractivity contribution is 5.77. The van der Waals surface area contributed by atoms with Crippen molar-refractivity contribution in [3.8, 4) is 0 Å². The molecule has 0 unspecified atom stereocenters. The van der Waals surface area contributed by atoms with Crippen molar-refractivity contribution in [2.75, 3.05) is 13.7 Å². The number of ether oxygens (including phenoxy) is 1. The van der Waals surface area contributed by atoms with Gasteiger partial charge in [-0.25, -0.2) is 4.98 Å². The van der Waals surface area contributed by atoms with Gasteiger partial charge in [-0.3, -0.25) is 14.2 Å². The smallest absolute Gasteiger partial charge is 0.305 e. The molecule has 26 heavy (non-hydrogen) atoms. The van der Waals surface area contributed by atoms with Gasteiger partial charge in [-0.05, 0) is 37.4 Å². The van der Waals surface area contributed by atoms with E-state index in [0.29, 0.717) is 29.8 Å². The molecule has 2 rings (SSSR count). The molecule has 0 saturated carbocycles. The summed E-state index contributed by atoms with van der Waals surface area (Å²) in [4.78, 5) is 29.2. The van der Waals surface area contributed by atoms with Gasteiger partial charge in [0.05, 0.1) is 24.1 Å². The van der Waals surface area contributed by atoms with Gasteiger partial charge in [-0.2, -0.15) is 0 Å². The van der Waals surface area contributed by atoms with Crippen LogP contribution >= 0.6 is 0 Å². The van der Waals surface area contributed by atoms with Crippen molar-refractivity contribution in [2.24, 2.45) is 5.92 Å². The van der Waals surface area contributed by atoms with Crippen molar-refractivity contribution in [3.05, 3.63) is 40.4 Å². The number of esters is 1. The highest BCUT2D eigenvalue weighted by atomic mass is 16.5. The van der Waals surface area contributed by atoms with E-state index < -0.39 is 0 Å². The summed E-state index contributed by atoms with van der Waals surface area (Å²) >= 11 is 0. The molecular formula is C20H29N3O3. The molecule has 0 aliphatic carbocycles. The van der Waals surface area contributed by atoms with Crippen LogP contribution < -0.4 is 10.9 Å². The second-order valence-electron chi connectivity index (χ2n) is 6.89. The maximum Gasteiger partial charge on any atom is 0.305 e. The Balaban J connectivity index is 2.42. The first-order chi connectivity index (χ1) is 12.5. The van der Waals surface area contributed by atoms with Crippen molar-refractivity contribution in [2.45, 2.75) is 52.6 Å². The zero-order valence-corrected chi connectivity index (χ0v) is 16.1. The second kappa shape index (κ2) is 9.48. The third-order valence-corrected chi connectivity index (χ3v) is 4.37. The molecule has 1 aromatic carbocycles. The van der Waals surface area contributed by atoms with Crippen LogP contribution in [0.3, 0.4) is 0 Å². The van der Waals surface area contributed by atoms with E-state index in [4.69, 9.17) is 9.72 Å². The summed E-state index contributed by atoms with van der Waals surface area (Å²) in [5.41, 5.74) is 0.654. The highest BCUT2D eigenvalue weighted by Gasteiger charge is 2.19. The minimum atomic E-state index is -0.265. The summed E-state index contributed by atoms with van der Waals surface area (Å²) in [6.45, 7) is 7.68. The van der Waals surface area contributed by atoms with Crippen molar-refractivity contribution >= 4 is 16.9 Å². The normalized spacial score (nSPS) is 12.5. The summed E-state index contributed by atoms with van der Waals surface area (Å²) < 4.78 is 6.41. The third-order valence-electron chi connectivity index (χ3n) is 4.37. The number of aromatic nitrogens is 2. The number of hydrogen-bond donors (Lipinski definition) is 1. The van der Waals surface area contributed by atoms with Crippen LogP contribution in [0.4, 0.5) is 0 Å². The van der Waals surface area contributed by atoms with Crippen molar-refractivity contribution in [1.29, 1.82) is 0 Å². The predicted octanol–water partition coefficient (Wildman–Crippen LogP) is 3.05. The van der Waals surface area contributed by atoms with Gasteiger partial charge in [-0.15, -0.1) is 0 Å². The predicted molar refractivity (Wildman–Crippen MR) is 103 cm³/mol. The molecule has 0 aliphatic rings. The standard InChI is InChI=1S/C20H29N3O3/c1-5-16(21-13-14(2)3)19-22-17-10-7-6-9-15(17)20(25)23(19)12-8-11-18(24)26-4/h6-7,9-10,14,16,21H,5,8,11-13H2,1-4H3/t16-/m1/s1. The highest BCUT2D eigenvalue weighted by Crippen LogP contribution is 2.18. The Labute approximate surface area is 154 Å². The molecule has 0 spiro atoms. The number of benzene rings is 1. The zero-order chi connectivity index (χ0) is 19.1. The van der Waals surface area contributed by atoms with Crippen LogP contribution in [0.5, 0.6) is 0 Å². The van der Waals surface area contributed by atoms with Crippen molar-refractivity contribution < 1.29 is 9.53 Å². The molecule has 6 heteroatoms. The van der Waals surface area contributed by atoms with Crippen molar-refractivity contribution in [3.63, 3.8) is 0 Å². The molecule has 0 bridgehead atoms. The number of carbonyl (C=O) groups is 1. The monoisotopic (exact) mass is 359 g/mol. The molecule has 142 valence electrons. The van der Waals surface area contributed by atoms with Gasteiger partial charge >= 0.3 is 5.97 Å². The van der Waals surface area contributed by atoms with Crippen LogP contribution in [-0.4, -0.2) is 29.2 Å². The van der Waals surface area contributed by atoms with Gasteiger partial charge in [0.1, 0.15) is 5.82 Å². The summed E-state index contributed by atoms with van der Waals surface area (Å²) in [6.07, 6.45) is 1.65. The first kappa shape index (κ1) is 20.1. The molecule has 6 nitrogen and oxygen atoms in total. The number of hydrogen-bond acceptors (Lipinski definition) is 5. The molecular weight excluding hydrogens is 330 g/mol. The Morgan fingerprint density at radius 3 is 2.69 bits per heavy atom. The first-order valence-electron chi connectivity index (χ1n) is 9.27. The lowest BCUT2D eigenvalue weighted by atomic mass is 10.1. The average Bonchev–Trinajstić information content (AvgIpc) is 2.64. The lowest BCUT2D eigenvalue weighted by Crippen LogP contribution is -2.33. The topological polar surface area (TPSA) is 73.2 Å². The Kier molecular flexibility index (Phi) is 7.33. The summed E-state index contributed by atoms with van der Waals surface area (Å²) in [5, 5.41) is 4.12. The number of fused-ring (bicyclic) bond motifs is 1. The van der Waals surface area contributed by atoms with E-state index in [2.05, 4.69) is 26.1 Å². The van der Waals surface area contributed by atoms with Gasteiger partial charge in [-0.1, -0.05) is 32.9 Å². The zero-order valence-electron chi connectivity index (χ0n) is 16.1. The van der Waals surface area contributed by atoms with Crippen LogP contribution in [-0.2, 0) is 16.1 Å². The van der Waals surface area contributed by atoms with E-state index >= 15 is 0 Å². The van der Waals surface area contributed by atoms with E-state index in [-0.39, 0.29) is 24.0 Å². The molecule has 2 aromatic rings. The average molecular weight is 359 g/mol. The minimum Gasteiger partial charge on any atom is -0.469 e. The summed E-state index contributed by atoms with van der Waals surface area (Å²) in [7, 11) is 1.38. The lowest BCUT2D eigenvalue weighted by molar-refractivity contribution is -0.140. The largest absolute Gasteiger partial charge is 0.469 e. The molecule has 0 fully saturated rings.